The second-order valence-corrected chi connectivity index (χ2v) is 18.2. The van der Waals surface area contributed by atoms with Crippen LogP contribution in [0.3, 0.4) is 0 Å². The molecule has 2 aromatic carbocycles. The summed E-state index contributed by atoms with van der Waals surface area (Å²) < 4.78 is 65.9. The van der Waals surface area contributed by atoms with E-state index in [1.54, 1.807) is 36.5 Å². The first-order valence-corrected chi connectivity index (χ1v) is 19.4. The van der Waals surface area contributed by atoms with Gasteiger partial charge in [0.15, 0.2) is 0 Å². The first kappa shape index (κ1) is 33.4. The number of allylic oxidation sites excluding steroid dienone is 8. The molecule has 0 saturated heterocycles. The van der Waals surface area contributed by atoms with Gasteiger partial charge in [0.1, 0.15) is 0 Å². The summed E-state index contributed by atoms with van der Waals surface area (Å²) in [5.74, 6) is -2.93. The first-order valence-electron chi connectivity index (χ1n) is 14.3. The third-order valence-corrected chi connectivity index (χ3v) is 17.0. The number of hydrogen-bond donors (Lipinski definition) is 2. The first-order chi connectivity index (χ1) is 20.7. The Labute approximate surface area is 261 Å². The zero-order chi connectivity index (χ0) is 31.0. The maximum absolute atomic E-state index is 16.7. The van der Waals surface area contributed by atoms with Crippen molar-refractivity contribution in [3.05, 3.63) is 91.7 Å². The maximum atomic E-state index is 16.7. The van der Waals surface area contributed by atoms with Gasteiger partial charge < -0.3 is 0 Å². The van der Waals surface area contributed by atoms with Crippen molar-refractivity contribution in [3.63, 3.8) is 0 Å². The van der Waals surface area contributed by atoms with E-state index in [0.717, 1.165) is 73.5 Å². The summed E-state index contributed by atoms with van der Waals surface area (Å²) in [7, 11) is 0. The Morgan fingerprint density at radius 2 is 1.14 bits per heavy atom. The number of carbonyl (C=O) groups excluding carboxylic acids is 2. The number of anilines is 2. The van der Waals surface area contributed by atoms with Crippen LogP contribution in [0.25, 0.3) is 0 Å². The molecule has 11 heteroatoms. The van der Waals surface area contributed by atoms with Crippen molar-refractivity contribution in [2.24, 2.45) is 0 Å². The van der Waals surface area contributed by atoms with Gasteiger partial charge in [-0.15, -0.1) is 0 Å². The van der Waals surface area contributed by atoms with Gasteiger partial charge in [0.05, 0.1) is 0 Å². The molecule has 43 heavy (non-hydrogen) atoms. The number of carbonyl (C=O) groups is 2. The molecule has 2 amide bonds. The Hall–Kier alpha value is -2.53. The number of nitrogens with one attached hydrogen (secondary N) is 2. The van der Waals surface area contributed by atoms with E-state index in [1.807, 2.05) is 13.8 Å². The van der Waals surface area contributed by atoms with Gasteiger partial charge in [-0.3, -0.25) is 0 Å². The Balaban J connectivity index is 1.94. The molecule has 0 unspecified atom stereocenters. The molecule has 0 aliphatic heterocycles. The van der Waals surface area contributed by atoms with Gasteiger partial charge >= 0.3 is 263 Å². The number of rotatable bonds is 12. The number of unbranched alkanes of at least 4 members (excludes halogenated alkanes) is 2. The van der Waals surface area contributed by atoms with E-state index in [2.05, 4.69) is 10.6 Å². The number of amides is 2. The minimum atomic E-state index is -5.09. The number of hydrogen-bond acceptors (Lipinski definition) is 4. The Kier molecular flexibility index (Phi) is 12.0. The van der Waals surface area contributed by atoms with E-state index < -0.39 is 58.1 Å². The molecular weight excluding hydrogens is 632 g/mol. The molecule has 0 aromatic heterocycles. The van der Waals surface area contributed by atoms with Crippen LogP contribution in [-0.4, -0.2) is 22.0 Å². The monoisotopic (exact) mass is 666 g/mol. The second kappa shape index (κ2) is 15.5. The number of benzene rings is 2. The van der Waals surface area contributed by atoms with Crippen molar-refractivity contribution in [1.82, 2.24) is 0 Å². The van der Waals surface area contributed by atoms with Crippen LogP contribution in [-0.2, 0) is 16.6 Å². The third kappa shape index (κ3) is 7.24. The molecule has 0 spiro atoms. The average molecular weight is 667 g/mol. The van der Waals surface area contributed by atoms with Crippen LogP contribution in [0.1, 0.15) is 52.4 Å². The summed E-state index contributed by atoms with van der Waals surface area (Å²) >= 11 is -3.11. The van der Waals surface area contributed by atoms with E-state index in [-0.39, 0.29) is 24.2 Å². The SMILES string of the molecule is CCCCSC(=O)Nc1ccc(F)[c]([Ti]([C]2=CC=CC2)([C]2=CC=CC2)[c]2c(F)ccc(NC(=O)SCCCC)c2F)c1F. The molecule has 2 aromatic rings. The van der Waals surface area contributed by atoms with Gasteiger partial charge in [0.2, 0.25) is 0 Å². The summed E-state index contributed by atoms with van der Waals surface area (Å²) in [4.78, 5) is 25.2. The Morgan fingerprint density at radius 1 is 0.721 bits per heavy atom. The molecule has 4 nitrogen and oxygen atoms in total. The van der Waals surface area contributed by atoms with Gasteiger partial charge in [-0.25, -0.2) is 0 Å². The molecule has 0 saturated carbocycles. The fraction of sp³-hybridized carbons (Fsp3) is 0.312. The van der Waals surface area contributed by atoms with E-state index in [0.29, 0.717) is 19.3 Å². The summed E-state index contributed by atoms with van der Waals surface area (Å²) in [6.45, 7) is 3.97. The van der Waals surface area contributed by atoms with Gasteiger partial charge in [0, 0.05) is 0 Å². The molecule has 4 rings (SSSR count). The van der Waals surface area contributed by atoms with Gasteiger partial charge in [0.25, 0.3) is 0 Å². The Bertz CT molecular complexity index is 1400. The summed E-state index contributed by atoms with van der Waals surface area (Å²) in [5.41, 5.74) is -0.507. The van der Waals surface area contributed by atoms with Crippen molar-refractivity contribution in [2.75, 3.05) is 22.1 Å². The molecule has 2 aliphatic carbocycles. The minimum absolute atomic E-state index is 0.252. The molecule has 228 valence electrons. The van der Waals surface area contributed by atoms with Gasteiger partial charge in [-0.1, -0.05) is 0 Å². The molecule has 0 atom stereocenters. The molecule has 2 N–H and O–H groups in total. The van der Waals surface area contributed by atoms with E-state index >= 15 is 17.6 Å². The number of thioether (sulfide) groups is 2. The summed E-state index contributed by atoms with van der Waals surface area (Å²) in [6.07, 6.45) is 14.2. The predicted molar refractivity (Wildman–Crippen MR) is 168 cm³/mol. The predicted octanol–water partition coefficient (Wildman–Crippen LogP) is 9.17. The van der Waals surface area contributed by atoms with Crippen molar-refractivity contribution in [2.45, 2.75) is 52.4 Å². The van der Waals surface area contributed by atoms with E-state index in [4.69, 9.17) is 0 Å². The molecule has 2 aliphatic rings. The van der Waals surface area contributed by atoms with Crippen LogP contribution in [0.2, 0.25) is 0 Å². The number of halogens is 4. The zero-order valence-corrected chi connectivity index (χ0v) is 27.3. The average Bonchev–Trinajstić information content (AvgIpc) is 3.71. The van der Waals surface area contributed by atoms with E-state index in [9.17, 15) is 9.59 Å². The summed E-state index contributed by atoms with van der Waals surface area (Å²) in [6, 6.07) is 4.36. The fourth-order valence-electron chi connectivity index (χ4n) is 5.32. The zero-order valence-electron chi connectivity index (χ0n) is 24.1. The topological polar surface area (TPSA) is 58.2 Å². The fourth-order valence-corrected chi connectivity index (χ4v) is 15.2. The van der Waals surface area contributed by atoms with Crippen molar-refractivity contribution in [3.8, 4) is 0 Å². The quantitative estimate of drug-likeness (QED) is 0.135. The summed E-state index contributed by atoms with van der Waals surface area (Å²) in [5, 5.41) is 4.04. The molecule has 0 fully saturated rings. The Morgan fingerprint density at radius 3 is 1.49 bits per heavy atom. The van der Waals surface area contributed by atoms with Crippen LogP contribution >= 0.6 is 23.5 Å². The molecule has 0 bridgehead atoms. The molecular formula is C32H34F4N2O2S2Ti. The van der Waals surface area contributed by atoms with Crippen molar-refractivity contribution in [1.29, 1.82) is 0 Å². The van der Waals surface area contributed by atoms with Crippen LogP contribution in [0, 0.1) is 23.3 Å². The third-order valence-electron chi connectivity index (χ3n) is 7.37. The van der Waals surface area contributed by atoms with E-state index in [1.165, 1.54) is 0 Å². The van der Waals surface area contributed by atoms with Crippen molar-refractivity contribution < 1.29 is 43.7 Å². The van der Waals surface area contributed by atoms with Crippen LogP contribution < -0.4 is 18.4 Å². The van der Waals surface area contributed by atoms with Gasteiger partial charge in [-0.2, -0.15) is 0 Å². The normalized spacial score (nSPS) is 14.2. The van der Waals surface area contributed by atoms with Crippen LogP contribution in [0.5, 0.6) is 0 Å². The van der Waals surface area contributed by atoms with Gasteiger partial charge in [-0.05, 0) is 0 Å². The standard InChI is InChI=1S/2C11H12F2NOS.2C5H5.Ti/c2*1-2-3-6-16-11(15)14-10-5-4-8(12)7-9(10)13;2*1-2-4-5-3-1;/h2*4-5H,2-3,6H2,1H3,(H,14,15);2*1-3H,4H2;. The molecule has 0 heterocycles. The second-order valence-electron chi connectivity index (χ2n) is 10.2. The van der Waals surface area contributed by atoms with Crippen LogP contribution in [0.4, 0.5) is 38.5 Å². The van der Waals surface area contributed by atoms with Crippen molar-refractivity contribution >= 4 is 53.1 Å². The van der Waals surface area contributed by atoms with Crippen LogP contribution in [0.15, 0.2) is 68.5 Å². The molecule has 0 radical (unpaired) electrons.